The molecular formula is C25H35N3O3S. The first kappa shape index (κ1) is 22.0. The van der Waals surface area contributed by atoms with E-state index in [4.69, 9.17) is 4.74 Å². The van der Waals surface area contributed by atoms with Crippen LogP contribution < -0.4 is 0 Å². The third-order valence-electron chi connectivity index (χ3n) is 7.28. The number of rotatable bonds is 4. The van der Waals surface area contributed by atoms with E-state index < -0.39 is 11.2 Å². The highest BCUT2D eigenvalue weighted by Gasteiger charge is 2.51. The molecule has 32 heavy (non-hydrogen) atoms. The van der Waals surface area contributed by atoms with Gasteiger partial charge in [0.2, 0.25) is 17.1 Å². The second-order valence-electron chi connectivity index (χ2n) is 11.7. The molecule has 1 aliphatic carbocycles. The molecule has 7 heteroatoms. The van der Waals surface area contributed by atoms with E-state index in [1.165, 1.54) is 6.42 Å². The summed E-state index contributed by atoms with van der Waals surface area (Å²) in [6.07, 6.45) is 5.40. The highest BCUT2D eigenvalue weighted by atomic mass is 32.2. The van der Waals surface area contributed by atoms with Gasteiger partial charge in [0.25, 0.3) is 5.91 Å². The highest BCUT2D eigenvalue weighted by Crippen LogP contribution is 2.52. The first-order valence-corrected chi connectivity index (χ1v) is 12.8. The van der Waals surface area contributed by atoms with Crippen molar-refractivity contribution in [2.45, 2.75) is 72.1 Å². The lowest BCUT2D eigenvalue weighted by molar-refractivity contribution is -0.00564. The van der Waals surface area contributed by atoms with Crippen molar-refractivity contribution < 1.29 is 13.7 Å². The molecular weight excluding hydrogens is 422 g/mol. The maximum atomic E-state index is 13.3. The summed E-state index contributed by atoms with van der Waals surface area (Å²) in [5.41, 5.74) is 2.08. The van der Waals surface area contributed by atoms with Gasteiger partial charge in [-0.2, -0.15) is 0 Å². The molecule has 5 rings (SSSR count). The molecule has 0 radical (unpaired) electrons. The number of likely N-dealkylation sites (tertiary alicyclic amines) is 1. The van der Waals surface area contributed by atoms with Crippen LogP contribution in [0.3, 0.4) is 0 Å². The summed E-state index contributed by atoms with van der Waals surface area (Å²) in [4.78, 5) is 15.4. The van der Waals surface area contributed by atoms with E-state index in [0.717, 1.165) is 37.1 Å². The van der Waals surface area contributed by atoms with Gasteiger partial charge < -0.3 is 9.64 Å². The summed E-state index contributed by atoms with van der Waals surface area (Å²) in [6.45, 7) is 13.8. The lowest BCUT2D eigenvalue weighted by atomic mass is 9.65. The van der Waals surface area contributed by atoms with Gasteiger partial charge in [-0.3, -0.25) is 4.79 Å². The molecule has 0 spiro atoms. The summed E-state index contributed by atoms with van der Waals surface area (Å²) < 4.78 is 22.4. The second-order valence-corrected chi connectivity index (χ2v) is 13.1. The molecule has 0 N–H and O–H groups in total. The normalized spacial score (nSPS) is 33.0. The van der Waals surface area contributed by atoms with Crippen LogP contribution in [-0.4, -0.2) is 54.9 Å². The molecule has 174 valence electrons. The zero-order chi connectivity index (χ0) is 22.9. The third kappa shape index (κ3) is 3.98. The van der Waals surface area contributed by atoms with E-state index in [2.05, 4.69) is 25.7 Å². The SMILES string of the molecule is CC1(C)CC2CC(C)(CN2C(=O)c2ccc(CN3CCN(C4=CC(C)(C)O4)S3=O)cc2)C1. The average molecular weight is 458 g/mol. The van der Waals surface area contributed by atoms with Crippen molar-refractivity contribution in [3.05, 3.63) is 47.4 Å². The van der Waals surface area contributed by atoms with Gasteiger partial charge in [-0.05, 0) is 61.6 Å². The molecule has 1 aromatic carbocycles. The third-order valence-corrected chi connectivity index (χ3v) is 8.77. The summed E-state index contributed by atoms with van der Waals surface area (Å²) >= 11 is -1.24. The Morgan fingerprint density at radius 2 is 1.78 bits per heavy atom. The van der Waals surface area contributed by atoms with Crippen molar-refractivity contribution in [3.63, 3.8) is 0 Å². The fourth-order valence-corrected chi connectivity index (χ4v) is 7.59. The Kier molecular flexibility index (Phi) is 5.02. The van der Waals surface area contributed by atoms with Crippen LogP contribution in [0.5, 0.6) is 0 Å². The fraction of sp³-hybridized carbons (Fsp3) is 0.640. The minimum absolute atomic E-state index is 0.149. The quantitative estimate of drug-likeness (QED) is 0.685. The van der Waals surface area contributed by atoms with Gasteiger partial charge in [-0.1, -0.05) is 32.9 Å². The van der Waals surface area contributed by atoms with E-state index >= 15 is 0 Å². The topological polar surface area (TPSA) is 53.1 Å². The Labute approximate surface area is 194 Å². The number of carbonyl (C=O) groups excluding carboxylic acids is 1. The zero-order valence-electron chi connectivity index (χ0n) is 19.9. The molecule has 0 aromatic heterocycles. The van der Waals surface area contributed by atoms with Crippen molar-refractivity contribution in [3.8, 4) is 0 Å². The number of ether oxygens (including phenoxy) is 1. The highest BCUT2D eigenvalue weighted by molar-refractivity contribution is 7.80. The van der Waals surface area contributed by atoms with E-state index in [9.17, 15) is 9.00 Å². The Bertz CT molecular complexity index is 987. The van der Waals surface area contributed by atoms with E-state index in [1.807, 2.05) is 52.8 Å². The molecule has 3 aliphatic heterocycles. The molecule has 1 amide bonds. The Balaban J connectivity index is 1.23. The van der Waals surface area contributed by atoms with Crippen molar-refractivity contribution in [1.82, 2.24) is 13.5 Å². The van der Waals surface area contributed by atoms with Crippen LogP contribution in [0.1, 0.15) is 69.8 Å². The van der Waals surface area contributed by atoms with Crippen LogP contribution >= 0.6 is 0 Å². The monoisotopic (exact) mass is 457 g/mol. The lowest BCUT2D eigenvalue weighted by Gasteiger charge is -2.39. The number of hydrogen-bond acceptors (Lipinski definition) is 3. The van der Waals surface area contributed by atoms with Crippen LogP contribution in [0.25, 0.3) is 0 Å². The number of carbonyl (C=O) groups is 1. The van der Waals surface area contributed by atoms with Crippen LogP contribution in [-0.2, 0) is 22.5 Å². The smallest absolute Gasteiger partial charge is 0.254 e. The molecule has 3 fully saturated rings. The number of benzene rings is 1. The average Bonchev–Trinajstić information content (AvgIpc) is 3.15. The van der Waals surface area contributed by atoms with Crippen molar-refractivity contribution in [2.24, 2.45) is 10.8 Å². The largest absolute Gasteiger partial charge is 0.468 e. The first-order valence-electron chi connectivity index (χ1n) is 11.7. The maximum Gasteiger partial charge on any atom is 0.254 e. The van der Waals surface area contributed by atoms with Gasteiger partial charge in [-0.15, -0.1) is 0 Å². The van der Waals surface area contributed by atoms with Crippen molar-refractivity contribution >= 4 is 17.1 Å². The molecule has 1 saturated carbocycles. The summed E-state index contributed by atoms with van der Waals surface area (Å²) in [6, 6.07) is 8.22. The summed E-state index contributed by atoms with van der Waals surface area (Å²) in [5, 5.41) is 0. The second kappa shape index (κ2) is 7.32. The summed E-state index contributed by atoms with van der Waals surface area (Å²) in [5.74, 6) is 0.861. The van der Waals surface area contributed by atoms with Crippen LogP contribution in [0, 0.1) is 10.8 Å². The molecule has 1 aromatic rings. The molecule has 2 bridgehead atoms. The van der Waals surface area contributed by atoms with E-state index in [-0.39, 0.29) is 16.9 Å². The Morgan fingerprint density at radius 1 is 1.09 bits per heavy atom. The molecule has 3 unspecified atom stereocenters. The first-order chi connectivity index (χ1) is 14.9. The van der Waals surface area contributed by atoms with Crippen molar-refractivity contribution in [1.29, 1.82) is 0 Å². The van der Waals surface area contributed by atoms with Gasteiger partial charge >= 0.3 is 0 Å². The molecule has 2 saturated heterocycles. The number of amides is 1. The van der Waals surface area contributed by atoms with E-state index in [1.54, 1.807) is 0 Å². The van der Waals surface area contributed by atoms with Crippen LogP contribution in [0.4, 0.5) is 0 Å². The maximum absolute atomic E-state index is 13.3. The predicted molar refractivity (Wildman–Crippen MR) is 126 cm³/mol. The van der Waals surface area contributed by atoms with Gasteiger partial charge in [0.05, 0.1) is 0 Å². The fourth-order valence-electron chi connectivity index (χ4n) is 6.33. The van der Waals surface area contributed by atoms with Crippen LogP contribution in [0.2, 0.25) is 0 Å². The van der Waals surface area contributed by atoms with Gasteiger partial charge in [0.1, 0.15) is 5.60 Å². The standard InChI is InChI=1S/C25H35N3O3S/c1-23(2)12-20-13-25(5,16-23)17-27(20)22(29)19-8-6-18(7-9-19)15-26-10-11-28(32(26)30)21-14-24(3,4)31-21/h6-9,14,20H,10-13,15-17H2,1-5H3. The minimum Gasteiger partial charge on any atom is -0.468 e. The molecule has 4 aliphatic rings. The minimum atomic E-state index is -1.24. The number of fused-ring (bicyclic) bond motifs is 2. The Morgan fingerprint density at radius 3 is 2.44 bits per heavy atom. The van der Waals surface area contributed by atoms with Gasteiger partial charge in [-0.25, -0.2) is 12.8 Å². The van der Waals surface area contributed by atoms with Crippen LogP contribution in [0.15, 0.2) is 36.2 Å². The lowest BCUT2D eigenvalue weighted by Crippen LogP contribution is -2.39. The van der Waals surface area contributed by atoms with E-state index in [0.29, 0.717) is 30.4 Å². The number of nitrogens with zero attached hydrogens (tertiary/aromatic N) is 3. The molecule has 3 atom stereocenters. The molecule has 6 nitrogen and oxygen atoms in total. The summed E-state index contributed by atoms with van der Waals surface area (Å²) in [7, 11) is 0. The Hall–Kier alpha value is -1.86. The van der Waals surface area contributed by atoms with Gasteiger partial charge in [0.15, 0.2) is 0 Å². The predicted octanol–water partition coefficient (Wildman–Crippen LogP) is 4.07. The van der Waals surface area contributed by atoms with Crippen molar-refractivity contribution in [2.75, 3.05) is 19.6 Å². The van der Waals surface area contributed by atoms with Gasteiger partial charge in [0, 0.05) is 43.9 Å². The zero-order valence-corrected chi connectivity index (χ0v) is 20.7. The molecule has 3 heterocycles. The number of hydrogen-bond donors (Lipinski definition) is 0.